The van der Waals surface area contributed by atoms with Crippen molar-refractivity contribution < 1.29 is 14.3 Å². The number of hydrogen-bond acceptors (Lipinski definition) is 5. The standard InChI is InChI=1S/C25H28N4O3/c1-16-7-10-22(24(30)28-16)29-15-18-12-19(8-9-20(18)25(29)31)32-23-6-2-5-21(23)27-14-17-4-3-11-26-13-17/h3-4,8-9,11-13,21-23,27H,1-2,5-7,10,14-15H2,(H,28,30)/t21-,22?,23+/m1/s1. The maximum atomic E-state index is 12.9. The number of nitrogens with one attached hydrogen (secondary N) is 2. The Balaban J connectivity index is 1.24. The fourth-order valence-corrected chi connectivity index (χ4v) is 4.93. The van der Waals surface area contributed by atoms with Crippen LogP contribution >= 0.6 is 0 Å². The molecule has 166 valence electrons. The highest BCUT2D eigenvalue weighted by atomic mass is 16.5. The predicted molar refractivity (Wildman–Crippen MR) is 120 cm³/mol. The van der Waals surface area contributed by atoms with E-state index in [1.165, 1.54) is 0 Å². The fourth-order valence-electron chi connectivity index (χ4n) is 4.93. The van der Waals surface area contributed by atoms with E-state index in [-0.39, 0.29) is 24.0 Å². The van der Waals surface area contributed by atoms with Crippen molar-refractivity contribution in [3.8, 4) is 5.75 Å². The van der Waals surface area contributed by atoms with Crippen LogP contribution in [0.1, 0.15) is 53.6 Å². The van der Waals surface area contributed by atoms with Gasteiger partial charge in [-0.3, -0.25) is 14.6 Å². The van der Waals surface area contributed by atoms with Gasteiger partial charge in [-0.25, -0.2) is 0 Å². The number of pyridine rings is 1. The molecule has 2 aromatic rings. The van der Waals surface area contributed by atoms with Crippen molar-refractivity contribution >= 4 is 11.8 Å². The number of ether oxygens (including phenoxy) is 1. The summed E-state index contributed by atoms with van der Waals surface area (Å²) in [5, 5.41) is 6.39. The molecule has 3 heterocycles. The monoisotopic (exact) mass is 432 g/mol. The maximum absolute atomic E-state index is 12.9. The second-order valence-electron chi connectivity index (χ2n) is 8.84. The van der Waals surface area contributed by atoms with E-state index >= 15 is 0 Å². The number of fused-ring (bicyclic) bond motifs is 1. The Bertz CT molecular complexity index is 1040. The van der Waals surface area contributed by atoms with Crippen LogP contribution in [0.25, 0.3) is 0 Å². The summed E-state index contributed by atoms with van der Waals surface area (Å²) in [5.74, 6) is 0.545. The van der Waals surface area contributed by atoms with Gasteiger partial charge in [-0.05, 0) is 67.5 Å². The number of rotatable bonds is 6. The van der Waals surface area contributed by atoms with Crippen molar-refractivity contribution in [2.75, 3.05) is 0 Å². The van der Waals surface area contributed by atoms with E-state index < -0.39 is 6.04 Å². The summed E-state index contributed by atoms with van der Waals surface area (Å²) >= 11 is 0. The van der Waals surface area contributed by atoms with Gasteiger partial charge >= 0.3 is 0 Å². The first-order valence-corrected chi connectivity index (χ1v) is 11.3. The summed E-state index contributed by atoms with van der Waals surface area (Å²) in [6.07, 6.45) is 8.25. The molecule has 1 saturated carbocycles. The van der Waals surface area contributed by atoms with E-state index in [0.717, 1.165) is 42.7 Å². The molecule has 2 fully saturated rings. The number of piperidine rings is 1. The molecule has 7 heteroatoms. The Morgan fingerprint density at radius 2 is 2.12 bits per heavy atom. The Kier molecular flexibility index (Phi) is 5.66. The third-order valence-electron chi connectivity index (χ3n) is 6.64. The van der Waals surface area contributed by atoms with Gasteiger partial charge < -0.3 is 20.3 Å². The molecule has 1 saturated heterocycles. The largest absolute Gasteiger partial charge is 0.489 e. The number of carbonyl (C=O) groups excluding carboxylic acids is 2. The van der Waals surface area contributed by atoms with Crippen LogP contribution in [0, 0.1) is 0 Å². The van der Waals surface area contributed by atoms with Crippen LogP contribution in [-0.4, -0.2) is 39.9 Å². The molecule has 32 heavy (non-hydrogen) atoms. The minimum absolute atomic E-state index is 0.0870. The van der Waals surface area contributed by atoms with Crippen LogP contribution in [0.3, 0.4) is 0 Å². The molecule has 0 radical (unpaired) electrons. The van der Waals surface area contributed by atoms with Crippen molar-refractivity contribution in [1.82, 2.24) is 20.5 Å². The molecule has 0 spiro atoms. The first kappa shape index (κ1) is 20.7. The lowest BCUT2D eigenvalue weighted by Crippen LogP contribution is -2.49. The average molecular weight is 433 g/mol. The Morgan fingerprint density at radius 1 is 1.22 bits per heavy atom. The molecule has 1 aromatic heterocycles. The van der Waals surface area contributed by atoms with Crippen molar-refractivity contribution in [1.29, 1.82) is 0 Å². The van der Waals surface area contributed by atoms with Gasteiger partial charge in [0.15, 0.2) is 0 Å². The third kappa shape index (κ3) is 4.12. The van der Waals surface area contributed by atoms with Crippen molar-refractivity contribution in [3.05, 3.63) is 71.7 Å². The average Bonchev–Trinajstić information content (AvgIpc) is 3.37. The van der Waals surface area contributed by atoms with Gasteiger partial charge in [0.25, 0.3) is 5.91 Å². The van der Waals surface area contributed by atoms with E-state index in [0.29, 0.717) is 30.6 Å². The highest BCUT2D eigenvalue weighted by Crippen LogP contribution is 2.32. The minimum atomic E-state index is -0.444. The van der Waals surface area contributed by atoms with Gasteiger partial charge in [-0.2, -0.15) is 0 Å². The van der Waals surface area contributed by atoms with Gasteiger partial charge in [0.2, 0.25) is 5.91 Å². The van der Waals surface area contributed by atoms with E-state index in [1.54, 1.807) is 11.1 Å². The third-order valence-corrected chi connectivity index (χ3v) is 6.64. The zero-order valence-electron chi connectivity index (χ0n) is 18.0. The fraction of sp³-hybridized carbons (Fsp3) is 0.400. The van der Waals surface area contributed by atoms with Gasteiger partial charge in [0, 0.05) is 42.8 Å². The number of aromatic nitrogens is 1. The summed E-state index contributed by atoms with van der Waals surface area (Å²) < 4.78 is 6.35. The second kappa shape index (κ2) is 8.74. The van der Waals surface area contributed by atoms with Crippen LogP contribution in [0.5, 0.6) is 5.75 Å². The van der Waals surface area contributed by atoms with E-state index in [9.17, 15) is 9.59 Å². The Morgan fingerprint density at radius 3 is 2.94 bits per heavy atom. The molecule has 5 rings (SSSR count). The molecule has 1 unspecified atom stereocenters. The SMILES string of the molecule is C=C1CCC(N2Cc3cc(O[C@H]4CCC[C@H]4NCc4cccnc4)ccc3C2=O)C(=O)N1. The molecule has 0 bridgehead atoms. The summed E-state index contributed by atoms with van der Waals surface area (Å²) in [4.78, 5) is 31.1. The van der Waals surface area contributed by atoms with E-state index in [4.69, 9.17) is 4.74 Å². The molecule has 7 nitrogen and oxygen atoms in total. The molecule has 2 aliphatic heterocycles. The zero-order chi connectivity index (χ0) is 22.1. The zero-order valence-corrected chi connectivity index (χ0v) is 18.0. The first-order valence-electron chi connectivity index (χ1n) is 11.3. The van der Waals surface area contributed by atoms with Gasteiger partial charge in [0.05, 0.1) is 0 Å². The van der Waals surface area contributed by atoms with Crippen molar-refractivity contribution in [3.63, 3.8) is 0 Å². The summed E-state index contributed by atoms with van der Waals surface area (Å²) in [7, 11) is 0. The number of allylic oxidation sites excluding steroid dienone is 1. The van der Waals surface area contributed by atoms with Crippen LogP contribution in [0.2, 0.25) is 0 Å². The summed E-state index contributed by atoms with van der Waals surface area (Å²) in [5.41, 5.74) is 3.45. The van der Waals surface area contributed by atoms with E-state index in [2.05, 4.69) is 28.3 Å². The lowest BCUT2D eigenvalue weighted by Gasteiger charge is -2.30. The smallest absolute Gasteiger partial charge is 0.255 e. The van der Waals surface area contributed by atoms with Crippen LogP contribution < -0.4 is 15.4 Å². The minimum Gasteiger partial charge on any atom is -0.489 e. The van der Waals surface area contributed by atoms with E-state index in [1.807, 2.05) is 30.5 Å². The predicted octanol–water partition coefficient (Wildman–Crippen LogP) is 2.92. The number of nitrogens with zero attached hydrogens (tertiary/aromatic N) is 2. The Labute approximate surface area is 187 Å². The molecular formula is C25H28N4O3. The van der Waals surface area contributed by atoms with Crippen LogP contribution in [0.4, 0.5) is 0 Å². The molecule has 1 aromatic carbocycles. The molecular weight excluding hydrogens is 404 g/mol. The molecule has 2 amide bonds. The number of benzene rings is 1. The highest BCUT2D eigenvalue weighted by Gasteiger charge is 2.38. The van der Waals surface area contributed by atoms with Crippen LogP contribution in [-0.2, 0) is 17.9 Å². The normalized spacial score (nSPS) is 25.1. The molecule has 3 aliphatic rings. The maximum Gasteiger partial charge on any atom is 0.255 e. The van der Waals surface area contributed by atoms with Gasteiger partial charge in [-0.1, -0.05) is 12.6 Å². The lowest BCUT2D eigenvalue weighted by molar-refractivity contribution is -0.126. The summed E-state index contributed by atoms with van der Waals surface area (Å²) in [6, 6.07) is 9.52. The molecule has 1 aliphatic carbocycles. The number of hydrogen-bond donors (Lipinski definition) is 2. The number of carbonyl (C=O) groups is 2. The lowest BCUT2D eigenvalue weighted by atomic mass is 10.0. The summed E-state index contributed by atoms with van der Waals surface area (Å²) in [6.45, 7) is 5.02. The quantitative estimate of drug-likeness (QED) is 0.733. The van der Waals surface area contributed by atoms with Gasteiger partial charge in [-0.15, -0.1) is 0 Å². The first-order chi connectivity index (χ1) is 15.6. The topological polar surface area (TPSA) is 83.6 Å². The highest BCUT2D eigenvalue weighted by molar-refractivity contribution is 6.01. The van der Waals surface area contributed by atoms with Crippen molar-refractivity contribution in [2.24, 2.45) is 0 Å². The van der Waals surface area contributed by atoms with Crippen molar-refractivity contribution in [2.45, 2.75) is 63.4 Å². The Hall–Kier alpha value is -3.19. The number of amides is 2. The van der Waals surface area contributed by atoms with Crippen LogP contribution in [0.15, 0.2) is 55.0 Å². The molecule has 3 atom stereocenters. The molecule has 2 N–H and O–H groups in total. The second-order valence-corrected chi connectivity index (χ2v) is 8.84. The van der Waals surface area contributed by atoms with Gasteiger partial charge in [0.1, 0.15) is 17.9 Å².